The molecule has 1 aliphatic carbocycles. The molecule has 0 amide bonds. The number of likely N-dealkylation sites (tertiary alicyclic amines) is 1. The van der Waals surface area contributed by atoms with E-state index in [9.17, 15) is 4.79 Å². The van der Waals surface area contributed by atoms with Gasteiger partial charge >= 0.3 is 5.97 Å². The average molecular weight is 268 g/mol. The van der Waals surface area contributed by atoms with Gasteiger partial charge in [0.25, 0.3) is 0 Å². The van der Waals surface area contributed by atoms with E-state index >= 15 is 0 Å². The summed E-state index contributed by atoms with van der Waals surface area (Å²) in [5.41, 5.74) is 0. The van der Waals surface area contributed by atoms with E-state index < -0.39 is 5.97 Å². The summed E-state index contributed by atoms with van der Waals surface area (Å²) in [6.07, 6.45) is 8.94. The molecule has 1 aliphatic heterocycles. The van der Waals surface area contributed by atoms with Gasteiger partial charge in [0.05, 0.1) is 6.54 Å². The number of hydrogen-bond donors (Lipinski definition) is 2. The van der Waals surface area contributed by atoms with Crippen molar-refractivity contribution in [3.8, 4) is 0 Å². The molecule has 2 unspecified atom stereocenters. The molecule has 2 aliphatic rings. The molecule has 2 atom stereocenters. The van der Waals surface area contributed by atoms with Crippen LogP contribution in [0.4, 0.5) is 0 Å². The second kappa shape index (κ2) is 7.25. The molecule has 2 rings (SSSR count). The lowest BCUT2D eigenvalue weighted by Gasteiger charge is -2.38. The number of piperidine rings is 1. The number of carboxylic acid groups (broad SMARTS) is 1. The number of carboxylic acids is 1. The third kappa shape index (κ3) is 4.77. The second-order valence-corrected chi connectivity index (χ2v) is 6.32. The molecule has 1 heterocycles. The fraction of sp³-hybridized carbons (Fsp3) is 0.933. The topological polar surface area (TPSA) is 52.6 Å². The average Bonchev–Trinajstić information content (AvgIpc) is 2.81. The Morgan fingerprint density at radius 1 is 1.26 bits per heavy atom. The van der Waals surface area contributed by atoms with E-state index in [0.717, 1.165) is 13.1 Å². The first-order valence-electron chi connectivity index (χ1n) is 7.87. The van der Waals surface area contributed by atoms with Crippen LogP contribution in [-0.4, -0.2) is 47.7 Å². The van der Waals surface area contributed by atoms with E-state index in [-0.39, 0.29) is 6.54 Å². The van der Waals surface area contributed by atoms with Crippen LogP contribution < -0.4 is 5.32 Å². The van der Waals surface area contributed by atoms with Gasteiger partial charge in [0, 0.05) is 25.2 Å². The van der Waals surface area contributed by atoms with Crippen molar-refractivity contribution in [1.82, 2.24) is 10.2 Å². The van der Waals surface area contributed by atoms with Gasteiger partial charge in [-0.15, -0.1) is 0 Å². The van der Waals surface area contributed by atoms with Crippen molar-refractivity contribution < 1.29 is 9.90 Å². The Morgan fingerprint density at radius 2 is 2.00 bits per heavy atom. The third-order valence-corrected chi connectivity index (χ3v) is 4.50. The summed E-state index contributed by atoms with van der Waals surface area (Å²) < 4.78 is 0. The van der Waals surface area contributed by atoms with Crippen LogP contribution in [0.5, 0.6) is 0 Å². The smallest absolute Gasteiger partial charge is 0.317 e. The van der Waals surface area contributed by atoms with Crippen molar-refractivity contribution in [2.24, 2.45) is 5.92 Å². The maximum absolute atomic E-state index is 10.9. The molecule has 0 aromatic carbocycles. The van der Waals surface area contributed by atoms with Crippen LogP contribution in [0.15, 0.2) is 0 Å². The molecule has 2 fully saturated rings. The lowest BCUT2D eigenvalue weighted by atomic mass is 9.90. The van der Waals surface area contributed by atoms with Gasteiger partial charge in [-0.1, -0.05) is 26.2 Å². The molecule has 1 saturated carbocycles. The highest BCUT2D eigenvalue weighted by Gasteiger charge is 2.29. The Balaban J connectivity index is 1.87. The number of carbonyl (C=O) groups is 1. The first kappa shape index (κ1) is 14.8. The predicted octanol–water partition coefficient (Wildman–Crippen LogP) is 2.09. The first-order chi connectivity index (χ1) is 9.17. The van der Waals surface area contributed by atoms with Gasteiger partial charge in [-0.05, 0) is 31.6 Å². The normalized spacial score (nSPS) is 29.7. The van der Waals surface area contributed by atoms with Crippen molar-refractivity contribution in [3.05, 3.63) is 0 Å². The van der Waals surface area contributed by atoms with E-state index in [1.54, 1.807) is 0 Å². The lowest BCUT2D eigenvalue weighted by Crippen LogP contribution is -2.52. The SMILES string of the molecule is CCCC1CC(NC2CCCC2)CN(CC(=O)O)C1. The Labute approximate surface area is 116 Å². The standard InChI is InChI=1S/C15H28N2O2/c1-2-5-12-8-14(16-13-6-3-4-7-13)10-17(9-12)11-15(18)19/h12-14,16H,2-11H2,1H3,(H,18,19). The molecule has 110 valence electrons. The van der Waals surface area contributed by atoms with Crippen molar-refractivity contribution in [2.45, 2.75) is 64.0 Å². The van der Waals surface area contributed by atoms with E-state index in [0.29, 0.717) is 18.0 Å². The second-order valence-electron chi connectivity index (χ2n) is 6.32. The minimum absolute atomic E-state index is 0.197. The zero-order chi connectivity index (χ0) is 13.7. The number of nitrogens with zero attached hydrogens (tertiary/aromatic N) is 1. The molecule has 1 saturated heterocycles. The molecule has 19 heavy (non-hydrogen) atoms. The molecule has 4 heteroatoms. The molecule has 2 N–H and O–H groups in total. The van der Waals surface area contributed by atoms with Crippen LogP contribution >= 0.6 is 0 Å². The Kier molecular flexibility index (Phi) is 5.64. The predicted molar refractivity (Wildman–Crippen MR) is 76.3 cm³/mol. The van der Waals surface area contributed by atoms with Gasteiger partial charge in [-0.3, -0.25) is 9.69 Å². The fourth-order valence-electron chi connectivity index (χ4n) is 3.79. The van der Waals surface area contributed by atoms with E-state index in [4.69, 9.17) is 5.11 Å². The minimum atomic E-state index is -0.697. The van der Waals surface area contributed by atoms with Crippen LogP contribution in [0.25, 0.3) is 0 Å². The summed E-state index contributed by atoms with van der Waals surface area (Å²) >= 11 is 0. The highest BCUT2D eigenvalue weighted by Crippen LogP contribution is 2.24. The molecular formula is C15H28N2O2. The van der Waals surface area contributed by atoms with Gasteiger partial charge in [-0.2, -0.15) is 0 Å². The van der Waals surface area contributed by atoms with Crippen molar-refractivity contribution in [1.29, 1.82) is 0 Å². The summed E-state index contributed by atoms with van der Waals surface area (Å²) in [7, 11) is 0. The van der Waals surface area contributed by atoms with Crippen molar-refractivity contribution >= 4 is 5.97 Å². The maximum Gasteiger partial charge on any atom is 0.317 e. The largest absolute Gasteiger partial charge is 0.480 e. The lowest BCUT2D eigenvalue weighted by molar-refractivity contribution is -0.138. The highest BCUT2D eigenvalue weighted by molar-refractivity contribution is 5.69. The monoisotopic (exact) mass is 268 g/mol. The number of hydrogen-bond acceptors (Lipinski definition) is 3. The van der Waals surface area contributed by atoms with Crippen LogP contribution in [0, 0.1) is 5.92 Å². The number of rotatable bonds is 6. The Hall–Kier alpha value is -0.610. The van der Waals surface area contributed by atoms with Gasteiger partial charge in [0.1, 0.15) is 0 Å². The van der Waals surface area contributed by atoms with Crippen LogP contribution in [0.2, 0.25) is 0 Å². The van der Waals surface area contributed by atoms with Gasteiger partial charge in [0.2, 0.25) is 0 Å². The zero-order valence-corrected chi connectivity index (χ0v) is 12.1. The molecule has 0 radical (unpaired) electrons. The van der Waals surface area contributed by atoms with Gasteiger partial charge < -0.3 is 10.4 Å². The minimum Gasteiger partial charge on any atom is -0.480 e. The summed E-state index contributed by atoms with van der Waals surface area (Å²) in [6.45, 7) is 4.28. The molecule has 0 bridgehead atoms. The van der Waals surface area contributed by atoms with E-state index in [1.807, 2.05) is 0 Å². The van der Waals surface area contributed by atoms with Crippen molar-refractivity contribution in [2.75, 3.05) is 19.6 Å². The zero-order valence-electron chi connectivity index (χ0n) is 12.1. The summed E-state index contributed by atoms with van der Waals surface area (Å²) in [5, 5.41) is 12.8. The molecule has 4 nitrogen and oxygen atoms in total. The summed E-state index contributed by atoms with van der Waals surface area (Å²) in [5.74, 6) is -0.0335. The molecular weight excluding hydrogens is 240 g/mol. The molecule has 0 spiro atoms. The number of aliphatic carboxylic acids is 1. The van der Waals surface area contributed by atoms with E-state index in [2.05, 4.69) is 17.1 Å². The first-order valence-corrected chi connectivity index (χ1v) is 7.87. The van der Waals surface area contributed by atoms with E-state index in [1.165, 1.54) is 44.9 Å². The van der Waals surface area contributed by atoms with Crippen LogP contribution in [0.1, 0.15) is 51.9 Å². The molecule has 0 aromatic heterocycles. The highest BCUT2D eigenvalue weighted by atomic mass is 16.4. The van der Waals surface area contributed by atoms with Crippen LogP contribution in [0.3, 0.4) is 0 Å². The third-order valence-electron chi connectivity index (χ3n) is 4.50. The van der Waals surface area contributed by atoms with Crippen LogP contribution in [-0.2, 0) is 4.79 Å². The van der Waals surface area contributed by atoms with Gasteiger partial charge in [0.15, 0.2) is 0 Å². The Bertz CT molecular complexity index is 290. The maximum atomic E-state index is 10.9. The Morgan fingerprint density at radius 3 is 2.63 bits per heavy atom. The van der Waals surface area contributed by atoms with Crippen molar-refractivity contribution in [3.63, 3.8) is 0 Å². The van der Waals surface area contributed by atoms with Gasteiger partial charge in [-0.25, -0.2) is 0 Å². The fourth-order valence-corrected chi connectivity index (χ4v) is 3.79. The summed E-state index contributed by atoms with van der Waals surface area (Å²) in [6, 6.07) is 1.17. The number of nitrogens with one attached hydrogen (secondary N) is 1. The molecule has 0 aromatic rings. The quantitative estimate of drug-likeness (QED) is 0.774. The summed E-state index contributed by atoms with van der Waals surface area (Å²) in [4.78, 5) is 13.0.